The van der Waals surface area contributed by atoms with Crippen LogP contribution in [-0.2, 0) is 19.1 Å². The summed E-state index contributed by atoms with van der Waals surface area (Å²) in [5.41, 5.74) is -0.659. The molecule has 0 unspecified atom stereocenters. The Balaban J connectivity index is 2.62. The Bertz CT molecular complexity index is 389. The van der Waals surface area contributed by atoms with Gasteiger partial charge in [-0.25, -0.2) is 9.59 Å². The van der Waals surface area contributed by atoms with Gasteiger partial charge in [0.15, 0.2) is 0 Å². The minimum absolute atomic E-state index is 0.0232. The zero-order valence-corrected chi connectivity index (χ0v) is 12.4. The largest absolute Gasteiger partial charge is 0.467 e. The number of amides is 2. The molecule has 0 bridgehead atoms. The maximum Gasteiger partial charge on any atom is 0.408 e. The second kappa shape index (κ2) is 6.58. The molecule has 0 aromatic carbocycles. The second-order valence-electron chi connectivity index (χ2n) is 5.67. The van der Waals surface area contributed by atoms with E-state index >= 15 is 0 Å². The summed E-state index contributed by atoms with van der Waals surface area (Å²) in [4.78, 5) is 36.5. The van der Waals surface area contributed by atoms with Gasteiger partial charge in [-0.1, -0.05) is 0 Å². The normalized spacial score (nSPS) is 16.8. The molecule has 1 heterocycles. The quantitative estimate of drug-likeness (QED) is 0.768. The molecule has 1 saturated heterocycles. The van der Waals surface area contributed by atoms with E-state index in [4.69, 9.17) is 4.74 Å². The number of esters is 1. The lowest BCUT2D eigenvalue weighted by Crippen LogP contribution is -2.50. The van der Waals surface area contributed by atoms with E-state index in [-0.39, 0.29) is 12.5 Å². The van der Waals surface area contributed by atoms with Crippen molar-refractivity contribution >= 4 is 18.0 Å². The Morgan fingerprint density at radius 2 is 2.05 bits per heavy atom. The highest BCUT2D eigenvalue weighted by molar-refractivity contribution is 5.83. The van der Waals surface area contributed by atoms with Gasteiger partial charge in [-0.2, -0.15) is 0 Å². The first kappa shape index (κ1) is 16.3. The maximum absolute atomic E-state index is 11.7. The van der Waals surface area contributed by atoms with Crippen LogP contribution in [0.2, 0.25) is 0 Å². The van der Waals surface area contributed by atoms with Crippen molar-refractivity contribution in [3.8, 4) is 0 Å². The highest BCUT2D eigenvalue weighted by atomic mass is 16.6. The predicted molar refractivity (Wildman–Crippen MR) is 71.0 cm³/mol. The lowest BCUT2D eigenvalue weighted by molar-refractivity contribution is -0.144. The zero-order chi connectivity index (χ0) is 15.3. The molecular formula is C13H22N2O5. The monoisotopic (exact) mass is 286 g/mol. The van der Waals surface area contributed by atoms with E-state index in [1.54, 1.807) is 25.7 Å². The van der Waals surface area contributed by atoms with Crippen LogP contribution in [0.4, 0.5) is 4.79 Å². The van der Waals surface area contributed by atoms with Gasteiger partial charge < -0.3 is 19.7 Å². The summed E-state index contributed by atoms with van der Waals surface area (Å²) >= 11 is 0. The number of rotatable bonds is 4. The van der Waals surface area contributed by atoms with Gasteiger partial charge in [-0.3, -0.25) is 4.79 Å². The fourth-order valence-electron chi connectivity index (χ4n) is 1.89. The molecule has 0 aromatic heterocycles. The van der Waals surface area contributed by atoms with Crippen LogP contribution in [0.15, 0.2) is 0 Å². The molecule has 1 atom stereocenters. The third-order valence-electron chi connectivity index (χ3n) is 2.75. The highest BCUT2D eigenvalue weighted by Crippen LogP contribution is 2.11. The summed E-state index contributed by atoms with van der Waals surface area (Å²) in [6, 6.07) is -0.920. The maximum atomic E-state index is 11.7. The van der Waals surface area contributed by atoms with Gasteiger partial charge in [0.05, 0.1) is 13.7 Å². The molecule has 7 nitrogen and oxygen atoms in total. The number of likely N-dealkylation sites (tertiary alicyclic amines) is 1. The first-order valence-electron chi connectivity index (χ1n) is 6.58. The molecule has 0 aliphatic carbocycles. The average molecular weight is 286 g/mol. The third-order valence-corrected chi connectivity index (χ3v) is 2.75. The molecule has 2 amide bonds. The van der Waals surface area contributed by atoms with E-state index in [1.165, 1.54) is 7.11 Å². The molecule has 1 fully saturated rings. The lowest BCUT2D eigenvalue weighted by Gasteiger charge is -2.25. The van der Waals surface area contributed by atoms with Crippen LogP contribution in [0.25, 0.3) is 0 Å². The minimum atomic E-state index is -0.920. The molecule has 1 N–H and O–H groups in total. The number of nitrogens with zero attached hydrogens (tertiary/aromatic N) is 1. The van der Waals surface area contributed by atoms with E-state index in [0.29, 0.717) is 13.0 Å². The minimum Gasteiger partial charge on any atom is -0.467 e. The Morgan fingerprint density at radius 3 is 2.50 bits per heavy atom. The van der Waals surface area contributed by atoms with Gasteiger partial charge >= 0.3 is 12.1 Å². The molecule has 1 rings (SSSR count). The van der Waals surface area contributed by atoms with Crippen molar-refractivity contribution in [3.63, 3.8) is 0 Å². The summed E-state index contributed by atoms with van der Waals surface area (Å²) < 4.78 is 9.73. The van der Waals surface area contributed by atoms with Crippen molar-refractivity contribution in [2.75, 3.05) is 20.2 Å². The summed E-state index contributed by atoms with van der Waals surface area (Å²) in [6.07, 6.45) is 0.527. The number of nitrogens with one attached hydrogen (secondary N) is 1. The number of alkyl carbamates (subject to hydrolysis) is 1. The van der Waals surface area contributed by atoms with Crippen LogP contribution in [0, 0.1) is 0 Å². The highest BCUT2D eigenvalue weighted by Gasteiger charge is 2.30. The number of ether oxygens (including phenoxy) is 2. The predicted octanol–water partition coefficient (Wildman–Crippen LogP) is 0.675. The van der Waals surface area contributed by atoms with Gasteiger partial charge in [0.25, 0.3) is 0 Å². The van der Waals surface area contributed by atoms with Crippen molar-refractivity contribution in [2.45, 2.75) is 45.3 Å². The molecule has 20 heavy (non-hydrogen) atoms. The number of methoxy groups -OCH3 is 1. The first-order chi connectivity index (χ1) is 9.23. The SMILES string of the molecule is COC(=O)[C@H](CN1CCCC1=O)NC(=O)OC(C)(C)C. The van der Waals surface area contributed by atoms with Crippen LogP contribution < -0.4 is 5.32 Å². The Hall–Kier alpha value is -1.79. The summed E-state index contributed by atoms with van der Waals surface area (Å²) in [7, 11) is 1.23. The Kier molecular flexibility index (Phi) is 5.35. The molecule has 0 radical (unpaired) electrons. The van der Waals surface area contributed by atoms with E-state index < -0.39 is 23.7 Å². The van der Waals surface area contributed by atoms with Gasteiger partial charge in [0.1, 0.15) is 11.6 Å². The van der Waals surface area contributed by atoms with E-state index in [0.717, 1.165) is 6.42 Å². The van der Waals surface area contributed by atoms with Crippen molar-refractivity contribution in [1.29, 1.82) is 0 Å². The van der Waals surface area contributed by atoms with Crippen molar-refractivity contribution in [1.82, 2.24) is 10.2 Å². The number of carbonyl (C=O) groups excluding carboxylic acids is 3. The van der Waals surface area contributed by atoms with Crippen LogP contribution in [0.5, 0.6) is 0 Å². The summed E-state index contributed by atoms with van der Waals surface area (Å²) in [6.45, 7) is 5.87. The van der Waals surface area contributed by atoms with Crippen LogP contribution >= 0.6 is 0 Å². The van der Waals surface area contributed by atoms with Gasteiger partial charge in [-0.15, -0.1) is 0 Å². The van der Waals surface area contributed by atoms with Gasteiger partial charge in [0.2, 0.25) is 5.91 Å². The number of hydrogen-bond acceptors (Lipinski definition) is 5. The fourth-order valence-corrected chi connectivity index (χ4v) is 1.89. The van der Waals surface area contributed by atoms with E-state index in [9.17, 15) is 14.4 Å². The van der Waals surface area contributed by atoms with Gasteiger partial charge in [-0.05, 0) is 27.2 Å². The third kappa shape index (κ3) is 5.07. The summed E-state index contributed by atoms with van der Waals surface area (Å²) in [5.74, 6) is -0.625. The topological polar surface area (TPSA) is 84.9 Å². The molecule has 1 aliphatic rings. The van der Waals surface area contributed by atoms with Crippen molar-refractivity contribution < 1.29 is 23.9 Å². The molecule has 0 saturated carbocycles. The standard InChI is InChI=1S/C13H22N2O5/c1-13(2,3)20-12(18)14-9(11(17)19-4)8-15-7-5-6-10(15)16/h9H,5-8H2,1-4H3,(H,14,18)/t9-/m0/s1. The van der Waals surface area contributed by atoms with Crippen LogP contribution in [0.1, 0.15) is 33.6 Å². The summed E-state index contributed by atoms with van der Waals surface area (Å²) in [5, 5.41) is 2.44. The lowest BCUT2D eigenvalue weighted by atomic mass is 10.2. The Morgan fingerprint density at radius 1 is 1.40 bits per heavy atom. The molecule has 114 valence electrons. The fraction of sp³-hybridized carbons (Fsp3) is 0.769. The number of hydrogen-bond donors (Lipinski definition) is 1. The molecule has 7 heteroatoms. The van der Waals surface area contributed by atoms with Gasteiger partial charge in [0, 0.05) is 13.0 Å². The van der Waals surface area contributed by atoms with Crippen molar-refractivity contribution in [3.05, 3.63) is 0 Å². The van der Waals surface area contributed by atoms with Crippen LogP contribution in [-0.4, -0.2) is 54.7 Å². The first-order valence-corrected chi connectivity index (χ1v) is 6.58. The average Bonchev–Trinajstić information content (AvgIpc) is 2.70. The van der Waals surface area contributed by atoms with E-state index in [1.807, 2.05) is 0 Å². The van der Waals surface area contributed by atoms with Crippen LogP contribution in [0.3, 0.4) is 0 Å². The number of carbonyl (C=O) groups is 3. The molecule has 0 aromatic rings. The molecular weight excluding hydrogens is 264 g/mol. The Labute approximate surface area is 118 Å². The van der Waals surface area contributed by atoms with E-state index in [2.05, 4.69) is 10.1 Å². The molecule has 0 spiro atoms. The molecule has 1 aliphatic heterocycles. The smallest absolute Gasteiger partial charge is 0.408 e. The van der Waals surface area contributed by atoms with Crippen molar-refractivity contribution in [2.24, 2.45) is 0 Å². The zero-order valence-electron chi connectivity index (χ0n) is 12.4. The second-order valence-corrected chi connectivity index (χ2v) is 5.67.